The van der Waals surface area contributed by atoms with Crippen molar-refractivity contribution in [2.24, 2.45) is 0 Å². The Morgan fingerprint density at radius 3 is 2.78 bits per heavy atom. The highest BCUT2D eigenvalue weighted by Gasteiger charge is 2.53. The number of nitrogens with one attached hydrogen (secondary N) is 1. The predicted octanol–water partition coefficient (Wildman–Crippen LogP) is 2.91. The SMILES string of the molecule is O=C(NCCn1cncn1)c1ccc2sc(C(F)(F)P(=O)(O)O)c(Br)c2c1. The van der Waals surface area contributed by atoms with E-state index in [4.69, 9.17) is 9.79 Å². The number of thiophene rings is 1. The first-order valence-corrected chi connectivity index (χ1v) is 10.6. The molecule has 0 saturated carbocycles. The Hall–Kier alpha value is -1.72. The van der Waals surface area contributed by atoms with E-state index >= 15 is 0 Å². The molecule has 0 fully saturated rings. The summed E-state index contributed by atoms with van der Waals surface area (Å²) in [6.07, 6.45) is 2.87. The zero-order valence-corrected chi connectivity index (χ0v) is 16.6. The van der Waals surface area contributed by atoms with Gasteiger partial charge in [-0.05, 0) is 34.1 Å². The minimum absolute atomic E-state index is 0.145. The number of nitrogens with zero attached hydrogens (tertiary/aromatic N) is 3. The van der Waals surface area contributed by atoms with Gasteiger partial charge in [0.05, 0.1) is 6.54 Å². The summed E-state index contributed by atoms with van der Waals surface area (Å²) in [5, 5.41) is 6.84. The van der Waals surface area contributed by atoms with E-state index in [0.29, 0.717) is 22.6 Å². The summed E-state index contributed by atoms with van der Waals surface area (Å²) >= 11 is 3.53. The maximum absolute atomic E-state index is 14.0. The summed E-state index contributed by atoms with van der Waals surface area (Å²) in [6, 6.07) is 4.30. The van der Waals surface area contributed by atoms with Gasteiger partial charge in [-0.25, -0.2) is 4.98 Å². The van der Waals surface area contributed by atoms with Crippen LogP contribution in [0.5, 0.6) is 0 Å². The fourth-order valence-corrected chi connectivity index (χ4v) is 5.19. The van der Waals surface area contributed by atoms with Crippen LogP contribution in [0.3, 0.4) is 0 Å². The molecule has 2 heterocycles. The average Bonchev–Trinajstić information content (AvgIpc) is 3.22. The third kappa shape index (κ3) is 3.94. The van der Waals surface area contributed by atoms with Crippen LogP contribution in [0.15, 0.2) is 35.3 Å². The number of fused-ring (bicyclic) bond motifs is 1. The van der Waals surface area contributed by atoms with Gasteiger partial charge in [0.2, 0.25) is 0 Å². The molecule has 0 aliphatic rings. The summed E-state index contributed by atoms with van der Waals surface area (Å²) in [4.78, 5) is 33.1. The van der Waals surface area contributed by atoms with E-state index in [1.807, 2.05) is 0 Å². The second-order valence-electron chi connectivity index (χ2n) is 5.46. The molecule has 0 unspecified atom stereocenters. The molecule has 2 aromatic heterocycles. The van der Waals surface area contributed by atoms with Gasteiger partial charge in [0.15, 0.2) is 0 Å². The molecule has 1 amide bonds. The van der Waals surface area contributed by atoms with Gasteiger partial charge in [-0.3, -0.25) is 14.0 Å². The van der Waals surface area contributed by atoms with E-state index in [1.165, 1.54) is 35.5 Å². The Bertz CT molecular complexity index is 1040. The van der Waals surface area contributed by atoms with Gasteiger partial charge in [-0.1, -0.05) is 0 Å². The number of rotatable bonds is 6. The lowest BCUT2D eigenvalue weighted by Crippen LogP contribution is -2.27. The molecule has 0 aliphatic heterocycles. The summed E-state index contributed by atoms with van der Waals surface area (Å²) in [7, 11) is -5.69. The number of carbonyl (C=O) groups is 1. The van der Waals surface area contributed by atoms with Crippen LogP contribution in [0.25, 0.3) is 10.1 Å². The Labute approximate surface area is 163 Å². The summed E-state index contributed by atoms with van der Waals surface area (Å²) in [5.41, 5.74) is -4.10. The number of hydrogen-bond acceptors (Lipinski definition) is 5. The highest BCUT2D eigenvalue weighted by molar-refractivity contribution is 9.10. The molecule has 144 valence electrons. The van der Waals surface area contributed by atoms with Gasteiger partial charge in [-0.2, -0.15) is 13.9 Å². The van der Waals surface area contributed by atoms with Crippen molar-refractivity contribution in [1.29, 1.82) is 0 Å². The molecule has 0 spiro atoms. The van der Waals surface area contributed by atoms with Gasteiger partial charge >= 0.3 is 13.3 Å². The first kappa shape index (κ1) is 20.0. The highest BCUT2D eigenvalue weighted by Crippen LogP contribution is 2.62. The number of halogens is 3. The molecule has 0 radical (unpaired) electrons. The maximum atomic E-state index is 14.0. The largest absolute Gasteiger partial charge is 0.400 e. The monoisotopic (exact) mass is 480 g/mol. The van der Waals surface area contributed by atoms with E-state index < -0.39 is 24.0 Å². The van der Waals surface area contributed by atoms with Crippen molar-refractivity contribution >= 4 is 50.9 Å². The van der Waals surface area contributed by atoms with Crippen LogP contribution in [-0.2, 0) is 16.8 Å². The van der Waals surface area contributed by atoms with E-state index in [9.17, 15) is 18.1 Å². The van der Waals surface area contributed by atoms with Gasteiger partial charge in [0.25, 0.3) is 5.91 Å². The second-order valence-corrected chi connectivity index (χ2v) is 8.95. The van der Waals surface area contributed by atoms with E-state index in [-0.39, 0.29) is 22.0 Å². The van der Waals surface area contributed by atoms with Crippen molar-refractivity contribution in [2.45, 2.75) is 12.2 Å². The second kappa shape index (κ2) is 7.36. The molecule has 0 bridgehead atoms. The summed E-state index contributed by atoms with van der Waals surface area (Å²) in [6.45, 7) is 0.696. The fraction of sp³-hybridized carbons (Fsp3) is 0.214. The molecule has 13 heteroatoms. The first-order valence-electron chi connectivity index (χ1n) is 7.38. The van der Waals surface area contributed by atoms with Crippen LogP contribution in [-0.4, -0.2) is 37.0 Å². The zero-order chi connectivity index (χ0) is 19.8. The minimum atomic E-state index is -5.69. The van der Waals surface area contributed by atoms with E-state index in [1.54, 1.807) is 0 Å². The number of benzene rings is 1. The van der Waals surface area contributed by atoms with Gasteiger partial charge in [-0.15, -0.1) is 11.3 Å². The average molecular weight is 481 g/mol. The number of aromatic nitrogens is 3. The van der Waals surface area contributed by atoms with Crippen molar-refractivity contribution in [3.8, 4) is 0 Å². The minimum Gasteiger partial charge on any atom is -0.350 e. The smallest absolute Gasteiger partial charge is 0.350 e. The molecule has 0 atom stereocenters. The number of carbonyl (C=O) groups excluding carboxylic acids is 1. The van der Waals surface area contributed by atoms with E-state index in [2.05, 4.69) is 31.3 Å². The summed E-state index contributed by atoms with van der Waals surface area (Å²) in [5.74, 6) is -0.418. The lowest BCUT2D eigenvalue weighted by Gasteiger charge is -2.16. The lowest BCUT2D eigenvalue weighted by molar-refractivity contribution is 0.0595. The van der Waals surface area contributed by atoms with Crippen molar-refractivity contribution in [1.82, 2.24) is 20.1 Å². The third-order valence-electron chi connectivity index (χ3n) is 3.62. The molecule has 0 aliphatic carbocycles. The van der Waals surface area contributed by atoms with Crippen molar-refractivity contribution in [2.75, 3.05) is 6.54 Å². The van der Waals surface area contributed by atoms with Crippen LogP contribution >= 0.6 is 34.9 Å². The van der Waals surface area contributed by atoms with Gasteiger partial charge < -0.3 is 15.1 Å². The molecule has 27 heavy (non-hydrogen) atoms. The Kier molecular flexibility index (Phi) is 5.46. The highest BCUT2D eigenvalue weighted by atomic mass is 79.9. The molecular weight excluding hydrogens is 469 g/mol. The zero-order valence-electron chi connectivity index (χ0n) is 13.3. The predicted molar refractivity (Wildman–Crippen MR) is 97.8 cm³/mol. The van der Waals surface area contributed by atoms with Crippen LogP contribution in [0.4, 0.5) is 8.78 Å². The Morgan fingerprint density at radius 2 is 2.15 bits per heavy atom. The first-order chi connectivity index (χ1) is 12.6. The number of hydrogen-bond donors (Lipinski definition) is 3. The van der Waals surface area contributed by atoms with Crippen LogP contribution < -0.4 is 5.32 Å². The van der Waals surface area contributed by atoms with Crippen molar-refractivity contribution in [3.63, 3.8) is 0 Å². The topological polar surface area (TPSA) is 117 Å². The van der Waals surface area contributed by atoms with E-state index in [0.717, 1.165) is 0 Å². The van der Waals surface area contributed by atoms with Gasteiger partial charge in [0.1, 0.15) is 17.5 Å². The number of alkyl halides is 2. The molecule has 3 aromatic rings. The molecule has 0 saturated heterocycles. The summed E-state index contributed by atoms with van der Waals surface area (Å²) < 4.78 is 41.0. The third-order valence-corrected chi connectivity index (χ3v) is 7.05. The molecule has 1 aromatic carbocycles. The maximum Gasteiger partial charge on any atom is 0.400 e. The molecule has 8 nitrogen and oxygen atoms in total. The molecular formula is C14H12BrF2N4O4PS. The molecule has 3 N–H and O–H groups in total. The standard InChI is InChI=1S/C14H12BrF2N4O4PS/c15-11-9-5-8(13(22)19-3-4-21-7-18-6-20-21)1-2-10(9)27-12(11)14(16,17)26(23,24)25/h1-2,5-7H,3-4H2,(H,19,22)(H2,23,24,25). The number of amides is 1. The van der Waals surface area contributed by atoms with Crippen molar-refractivity contribution in [3.05, 3.63) is 45.8 Å². The van der Waals surface area contributed by atoms with Crippen LogP contribution in [0.2, 0.25) is 0 Å². The quantitative estimate of drug-likeness (QED) is 0.467. The Morgan fingerprint density at radius 1 is 1.41 bits per heavy atom. The lowest BCUT2D eigenvalue weighted by atomic mass is 10.1. The Balaban J connectivity index is 1.83. The van der Waals surface area contributed by atoms with Crippen molar-refractivity contribution < 1.29 is 27.9 Å². The fourth-order valence-electron chi connectivity index (χ4n) is 2.27. The van der Waals surface area contributed by atoms with Gasteiger partial charge in [0, 0.05) is 26.7 Å². The normalized spacial score (nSPS) is 12.5. The van der Waals surface area contributed by atoms with Crippen LogP contribution in [0, 0.1) is 0 Å². The van der Waals surface area contributed by atoms with Crippen LogP contribution in [0.1, 0.15) is 15.2 Å². The molecule has 3 rings (SSSR count).